The zero-order chi connectivity index (χ0) is 15.2. The summed E-state index contributed by atoms with van der Waals surface area (Å²) in [4.78, 5) is 12.0. The lowest BCUT2D eigenvalue weighted by Gasteiger charge is -2.08. The van der Waals surface area contributed by atoms with Crippen molar-refractivity contribution in [1.82, 2.24) is 5.32 Å². The van der Waals surface area contributed by atoms with Gasteiger partial charge in [-0.05, 0) is 54.3 Å². The predicted octanol–water partition coefficient (Wildman–Crippen LogP) is 3.85. The SMILES string of the molecule is Cc1cc(F)ccc1CCNC(=O)c1cccc(CCl)c1. The molecule has 21 heavy (non-hydrogen) atoms. The zero-order valence-corrected chi connectivity index (χ0v) is 12.6. The molecule has 1 N–H and O–H groups in total. The Morgan fingerprint density at radius 3 is 2.76 bits per heavy atom. The quantitative estimate of drug-likeness (QED) is 0.835. The number of carbonyl (C=O) groups is 1. The lowest BCUT2D eigenvalue weighted by molar-refractivity contribution is 0.0954. The lowest BCUT2D eigenvalue weighted by atomic mass is 10.1. The Balaban J connectivity index is 1.92. The summed E-state index contributed by atoms with van der Waals surface area (Å²) in [6.45, 7) is 2.38. The number of halogens is 2. The summed E-state index contributed by atoms with van der Waals surface area (Å²) in [5.74, 6) is 0.0236. The van der Waals surface area contributed by atoms with Crippen molar-refractivity contribution in [2.45, 2.75) is 19.2 Å². The second-order valence-electron chi connectivity index (χ2n) is 4.91. The van der Waals surface area contributed by atoms with E-state index in [1.807, 2.05) is 19.1 Å². The van der Waals surface area contributed by atoms with Crippen LogP contribution in [0.4, 0.5) is 4.39 Å². The fourth-order valence-electron chi connectivity index (χ4n) is 2.15. The van der Waals surface area contributed by atoms with Crippen LogP contribution in [-0.4, -0.2) is 12.5 Å². The van der Waals surface area contributed by atoms with E-state index in [0.717, 1.165) is 16.7 Å². The zero-order valence-electron chi connectivity index (χ0n) is 11.8. The Bertz CT molecular complexity index is 642. The van der Waals surface area contributed by atoms with Crippen molar-refractivity contribution in [1.29, 1.82) is 0 Å². The van der Waals surface area contributed by atoms with Gasteiger partial charge in [-0.15, -0.1) is 11.6 Å². The highest BCUT2D eigenvalue weighted by Crippen LogP contribution is 2.11. The number of alkyl halides is 1. The molecule has 1 amide bonds. The molecule has 0 saturated heterocycles. The van der Waals surface area contributed by atoms with Crippen molar-refractivity contribution in [2.75, 3.05) is 6.54 Å². The number of carbonyl (C=O) groups excluding carboxylic acids is 1. The number of nitrogens with one attached hydrogen (secondary N) is 1. The Morgan fingerprint density at radius 2 is 2.05 bits per heavy atom. The summed E-state index contributed by atoms with van der Waals surface area (Å²) in [6, 6.07) is 11.9. The van der Waals surface area contributed by atoms with Crippen LogP contribution < -0.4 is 5.32 Å². The van der Waals surface area contributed by atoms with E-state index in [1.54, 1.807) is 18.2 Å². The largest absolute Gasteiger partial charge is 0.352 e. The van der Waals surface area contributed by atoms with Crippen LogP contribution in [0, 0.1) is 12.7 Å². The van der Waals surface area contributed by atoms with E-state index in [0.29, 0.717) is 24.4 Å². The smallest absolute Gasteiger partial charge is 0.251 e. The van der Waals surface area contributed by atoms with Crippen molar-refractivity contribution in [2.24, 2.45) is 0 Å². The van der Waals surface area contributed by atoms with Crippen LogP contribution in [0.2, 0.25) is 0 Å². The molecule has 0 aliphatic heterocycles. The summed E-state index contributed by atoms with van der Waals surface area (Å²) in [7, 11) is 0. The maximum Gasteiger partial charge on any atom is 0.251 e. The van der Waals surface area contributed by atoms with E-state index in [2.05, 4.69) is 5.32 Å². The van der Waals surface area contributed by atoms with Crippen LogP contribution in [0.15, 0.2) is 42.5 Å². The summed E-state index contributed by atoms with van der Waals surface area (Å²) in [6.07, 6.45) is 0.674. The lowest BCUT2D eigenvalue weighted by Crippen LogP contribution is -2.25. The van der Waals surface area contributed by atoms with E-state index >= 15 is 0 Å². The van der Waals surface area contributed by atoms with Gasteiger partial charge in [-0.1, -0.05) is 18.2 Å². The summed E-state index contributed by atoms with van der Waals surface area (Å²) < 4.78 is 13.0. The molecule has 0 radical (unpaired) electrons. The number of hydrogen-bond acceptors (Lipinski definition) is 1. The summed E-state index contributed by atoms with van der Waals surface area (Å²) in [5, 5.41) is 2.86. The van der Waals surface area contributed by atoms with Crippen molar-refractivity contribution in [3.05, 3.63) is 70.5 Å². The second-order valence-corrected chi connectivity index (χ2v) is 5.18. The van der Waals surface area contributed by atoms with E-state index in [1.165, 1.54) is 12.1 Å². The highest BCUT2D eigenvalue weighted by Gasteiger charge is 2.06. The van der Waals surface area contributed by atoms with Crippen LogP contribution in [-0.2, 0) is 12.3 Å². The van der Waals surface area contributed by atoms with Crippen LogP contribution in [0.3, 0.4) is 0 Å². The minimum atomic E-state index is -0.238. The molecule has 0 aliphatic rings. The molecule has 0 aliphatic carbocycles. The average Bonchev–Trinajstić information content (AvgIpc) is 2.49. The van der Waals surface area contributed by atoms with Gasteiger partial charge in [0, 0.05) is 18.0 Å². The van der Waals surface area contributed by atoms with Gasteiger partial charge in [0.1, 0.15) is 5.82 Å². The van der Waals surface area contributed by atoms with Crippen LogP contribution >= 0.6 is 11.6 Å². The van der Waals surface area contributed by atoms with E-state index in [9.17, 15) is 9.18 Å². The highest BCUT2D eigenvalue weighted by atomic mass is 35.5. The average molecular weight is 306 g/mol. The molecule has 0 unspecified atom stereocenters. The number of amides is 1. The van der Waals surface area contributed by atoms with Gasteiger partial charge >= 0.3 is 0 Å². The normalized spacial score (nSPS) is 10.4. The van der Waals surface area contributed by atoms with Gasteiger partial charge in [0.25, 0.3) is 5.91 Å². The Kier molecular flexibility index (Phi) is 5.34. The molecule has 0 atom stereocenters. The summed E-state index contributed by atoms with van der Waals surface area (Å²) in [5.41, 5.74) is 3.45. The molecule has 4 heteroatoms. The molecule has 0 heterocycles. The Hall–Kier alpha value is -1.87. The van der Waals surface area contributed by atoms with Crippen molar-refractivity contribution >= 4 is 17.5 Å². The molecular formula is C17H17ClFNO. The minimum absolute atomic E-state index is 0.123. The summed E-state index contributed by atoms with van der Waals surface area (Å²) >= 11 is 5.76. The third-order valence-electron chi connectivity index (χ3n) is 3.33. The topological polar surface area (TPSA) is 29.1 Å². The number of rotatable bonds is 5. The third-order valence-corrected chi connectivity index (χ3v) is 3.64. The molecular weight excluding hydrogens is 289 g/mol. The van der Waals surface area contributed by atoms with Gasteiger partial charge in [0.05, 0.1) is 0 Å². The maximum absolute atomic E-state index is 13.0. The van der Waals surface area contributed by atoms with Gasteiger partial charge in [-0.2, -0.15) is 0 Å². The standard InChI is InChI=1S/C17H17ClFNO/c1-12-9-16(19)6-5-14(12)7-8-20-17(21)15-4-2-3-13(10-15)11-18/h2-6,9-10H,7-8,11H2,1H3,(H,20,21). The predicted molar refractivity (Wildman–Crippen MR) is 83.2 cm³/mol. The molecule has 0 saturated carbocycles. The molecule has 0 fully saturated rings. The van der Waals surface area contributed by atoms with Gasteiger partial charge in [-0.25, -0.2) is 4.39 Å². The van der Waals surface area contributed by atoms with Crippen LogP contribution in [0.25, 0.3) is 0 Å². The van der Waals surface area contributed by atoms with Gasteiger partial charge in [0.2, 0.25) is 0 Å². The number of benzene rings is 2. The number of aryl methyl sites for hydroxylation is 1. The Labute approximate surface area is 128 Å². The molecule has 110 valence electrons. The first-order valence-electron chi connectivity index (χ1n) is 6.78. The van der Waals surface area contributed by atoms with Crippen LogP contribution in [0.5, 0.6) is 0 Å². The van der Waals surface area contributed by atoms with E-state index in [4.69, 9.17) is 11.6 Å². The maximum atomic E-state index is 13.0. The first-order valence-corrected chi connectivity index (χ1v) is 7.31. The Morgan fingerprint density at radius 1 is 1.24 bits per heavy atom. The number of hydrogen-bond donors (Lipinski definition) is 1. The first kappa shape index (κ1) is 15.5. The van der Waals surface area contributed by atoms with Crippen LogP contribution in [0.1, 0.15) is 27.0 Å². The second kappa shape index (κ2) is 7.23. The van der Waals surface area contributed by atoms with Crippen molar-refractivity contribution in [3.8, 4) is 0 Å². The third kappa shape index (κ3) is 4.30. The monoisotopic (exact) mass is 305 g/mol. The molecule has 2 aromatic rings. The molecule has 2 rings (SSSR count). The molecule has 2 aromatic carbocycles. The van der Waals surface area contributed by atoms with Gasteiger partial charge in [0.15, 0.2) is 0 Å². The van der Waals surface area contributed by atoms with Gasteiger partial charge in [-0.3, -0.25) is 4.79 Å². The van der Waals surface area contributed by atoms with Crippen molar-refractivity contribution in [3.63, 3.8) is 0 Å². The van der Waals surface area contributed by atoms with Gasteiger partial charge < -0.3 is 5.32 Å². The first-order chi connectivity index (χ1) is 10.1. The molecule has 0 bridgehead atoms. The molecule has 0 aromatic heterocycles. The van der Waals surface area contributed by atoms with E-state index in [-0.39, 0.29) is 11.7 Å². The van der Waals surface area contributed by atoms with E-state index < -0.39 is 0 Å². The fraction of sp³-hybridized carbons (Fsp3) is 0.235. The minimum Gasteiger partial charge on any atom is -0.352 e. The molecule has 2 nitrogen and oxygen atoms in total. The molecule has 0 spiro atoms. The highest BCUT2D eigenvalue weighted by molar-refractivity contribution is 6.17. The fourth-order valence-corrected chi connectivity index (χ4v) is 2.31. The van der Waals surface area contributed by atoms with Crippen molar-refractivity contribution < 1.29 is 9.18 Å².